The number of benzene rings is 2. The van der Waals surface area contributed by atoms with Crippen molar-refractivity contribution in [2.75, 3.05) is 13.2 Å². The minimum absolute atomic E-state index is 0.0130. The van der Waals surface area contributed by atoms with Gasteiger partial charge in [-0.2, -0.15) is 0 Å². The van der Waals surface area contributed by atoms with Crippen LogP contribution in [-0.4, -0.2) is 24.5 Å². The van der Waals surface area contributed by atoms with Gasteiger partial charge in [0.25, 0.3) is 0 Å². The molecule has 2 aromatic rings. The number of rotatable bonds is 3. The monoisotopic (exact) mass is 349 g/mol. The molecule has 1 N–H and O–H groups in total. The Bertz CT molecular complexity index is 791. The molecule has 2 aromatic carbocycles. The Labute approximate surface area is 155 Å². The number of nitrogens with one attached hydrogen (secondary N) is 1. The van der Waals surface area contributed by atoms with Crippen molar-refractivity contribution in [2.45, 2.75) is 44.7 Å². The second kappa shape index (κ2) is 6.64. The van der Waals surface area contributed by atoms with E-state index in [1.807, 2.05) is 30.3 Å². The van der Waals surface area contributed by atoms with Gasteiger partial charge in [-0.1, -0.05) is 54.6 Å². The van der Waals surface area contributed by atoms with E-state index in [0.717, 1.165) is 24.8 Å². The summed E-state index contributed by atoms with van der Waals surface area (Å²) in [4.78, 5) is 13.7. The van der Waals surface area contributed by atoms with Crippen molar-refractivity contribution in [3.63, 3.8) is 0 Å². The highest BCUT2D eigenvalue weighted by atomic mass is 16.5. The normalized spacial score (nSPS) is 23.8. The zero-order valence-electron chi connectivity index (χ0n) is 15.6. The average Bonchev–Trinajstić information content (AvgIpc) is 2.67. The van der Waals surface area contributed by atoms with Crippen LogP contribution in [0, 0.1) is 5.41 Å². The quantitative estimate of drug-likeness (QED) is 0.838. The Morgan fingerprint density at radius 2 is 1.65 bits per heavy atom. The number of hydrogen-bond acceptors (Lipinski definition) is 3. The molecular formula is C23H27NO2. The molecule has 0 saturated carbocycles. The van der Waals surface area contributed by atoms with Crippen LogP contribution in [0.3, 0.4) is 0 Å². The van der Waals surface area contributed by atoms with Gasteiger partial charge in [0, 0.05) is 30.4 Å². The lowest BCUT2D eigenvalue weighted by Gasteiger charge is -2.49. The molecule has 1 fully saturated rings. The van der Waals surface area contributed by atoms with Crippen LogP contribution in [0.2, 0.25) is 0 Å². The highest BCUT2D eigenvalue weighted by molar-refractivity contribution is 6.01. The first-order valence-electron chi connectivity index (χ1n) is 9.55. The van der Waals surface area contributed by atoms with E-state index in [0.29, 0.717) is 13.2 Å². The van der Waals surface area contributed by atoms with Gasteiger partial charge in [0.15, 0.2) is 5.78 Å². The van der Waals surface area contributed by atoms with Crippen LogP contribution in [0.1, 0.15) is 54.2 Å². The van der Waals surface area contributed by atoms with Crippen LogP contribution in [0.4, 0.5) is 0 Å². The Kier molecular flexibility index (Phi) is 4.45. The standard InChI is InChI=1S/C23H27NO2/c1-22(2)16-18-10-6-7-11-19(18)20(24-22)23(12-14-26-15-13-23)21(25)17-8-4-3-5-9-17/h3-11,20,24H,12-16H2,1-2H3. The van der Waals surface area contributed by atoms with Gasteiger partial charge in [-0.3, -0.25) is 4.79 Å². The average molecular weight is 349 g/mol. The minimum atomic E-state index is -0.465. The number of carbonyl (C=O) groups is 1. The van der Waals surface area contributed by atoms with Gasteiger partial charge < -0.3 is 10.1 Å². The van der Waals surface area contributed by atoms with Crippen molar-refractivity contribution in [3.05, 3.63) is 71.3 Å². The van der Waals surface area contributed by atoms with E-state index < -0.39 is 5.41 Å². The fourth-order valence-electron chi connectivity index (χ4n) is 4.67. The van der Waals surface area contributed by atoms with E-state index in [9.17, 15) is 4.79 Å². The van der Waals surface area contributed by atoms with Crippen molar-refractivity contribution >= 4 is 5.78 Å². The van der Waals surface area contributed by atoms with E-state index in [4.69, 9.17) is 4.74 Å². The molecule has 2 aliphatic rings. The lowest BCUT2D eigenvalue weighted by atomic mass is 9.64. The zero-order valence-corrected chi connectivity index (χ0v) is 15.6. The maximum atomic E-state index is 13.7. The first-order chi connectivity index (χ1) is 12.5. The predicted octanol–water partition coefficient (Wildman–Crippen LogP) is 4.33. The summed E-state index contributed by atoms with van der Waals surface area (Å²) in [5.74, 6) is 0.242. The highest BCUT2D eigenvalue weighted by Crippen LogP contribution is 2.48. The molecule has 26 heavy (non-hydrogen) atoms. The molecule has 0 spiro atoms. The third-order valence-electron chi connectivity index (χ3n) is 5.96. The van der Waals surface area contributed by atoms with Gasteiger partial charge in [-0.05, 0) is 44.2 Å². The number of ketones is 1. The van der Waals surface area contributed by atoms with Gasteiger partial charge in [0.05, 0.1) is 5.41 Å². The Hall–Kier alpha value is -1.97. The first kappa shape index (κ1) is 17.4. The van der Waals surface area contributed by atoms with Gasteiger partial charge in [0.2, 0.25) is 0 Å². The van der Waals surface area contributed by atoms with Crippen LogP contribution in [0.25, 0.3) is 0 Å². The summed E-state index contributed by atoms with van der Waals surface area (Å²) in [5, 5.41) is 3.83. The van der Waals surface area contributed by atoms with E-state index in [1.165, 1.54) is 11.1 Å². The summed E-state index contributed by atoms with van der Waals surface area (Å²) >= 11 is 0. The molecule has 0 amide bonds. The number of carbonyl (C=O) groups excluding carboxylic acids is 1. The van der Waals surface area contributed by atoms with Gasteiger partial charge >= 0.3 is 0 Å². The Balaban J connectivity index is 1.84. The molecule has 0 radical (unpaired) electrons. The van der Waals surface area contributed by atoms with Crippen LogP contribution >= 0.6 is 0 Å². The van der Waals surface area contributed by atoms with Crippen LogP contribution in [0.15, 0.2) is 54.6 Å². The van der Waals surface area contributed by atoms with E-state index in [1.54, 1.807) is 0 Å². The van der Waals surface area contributed by atoms with Crippen molar-refractivity contribution in [3.8, 4) is 0 Å². The Morgan fingerprint density at radius 1 is 1.00 bits per heavy atom. The highest BCUT2D eigenvalue weighted by Gasteiger charge is 2.50. The van der Waals surface area contributed by atoms with Gasteiger partial charge in [-0.15, -0.1) is 0 Å². The van der Waals surface area contributed by atoms with Crippen molar-refractivity contribution in [1.82, 2.24) is 5.32 Å². The fraction of sp³-hybridized carbons (Fsp3) is 0.435. The van der Waals surface area contributed by atoms with Crippen molar-refractivity contribution < 1.29 is 9.53 Å². The van der Waals surface area contributed by atoms with E-state index >= 15 is 0 Å². The van der Waals surface area contributed by atoms with Gasteiger partial charge in [-0.25, -0.2) is 0 Å². The molecule has 0 bridgehead atoms. The zero-order chi connectivity index (χ0) is 18.2. The van der Waals surface area contributed by atoms with Crippen LogP contribution in [-0.2, 0) is 11.2 Å². The maximum absolute atomic E-state index is 13.7. The topological polar surface area (TPSA) is 38.3 Å². The molecule has 1 unspecified atom stereocenters. The van der Waals surface area contributed by atoms with Crippen LogP contribution in [0.5, 0.6) is 0 Å². The molecule has 4 rings (SSSR count). The molecular weight excluding hydrogens is 322 g/mol. The molecule has 1 saturated heterocycles. The molecule has 1 atom stereocenters. The molecule has 2 aliphatic heterocycles. The van der Waals surface area contributed by atoms with E-state index in [-0.39, 0.29) is 17.4 Å². The summed E-state index contributed by atoms with van der Waals surface area (Å²) in [6.45, 7) is 5.74. The van der Waals surface area contributed by atoms with E-state index in [2.05, 4.69) is 43.4 Å². The largest absolute Gasteiger partial charge is 0.381 e. The SMILES string of the molecule is CC1(C)Cc2ccccc2C(C2(C(=O)c3ccccc3)CCOCC2)N1. The van der Waals surface area contributed by atoms with Crippen molar-refractivity contribution in [2.24, 2.45) is 5.41 Å². The molecule has 0 aliphatic carbocycles. The molecule has 0 aromatic heterocycles. The maximum Gasteiger partial charge on any atom is 0.171 e. The number of ether oxygens (including phenoxy) is 1. The first-order valence-corrected chi connectivity index (χ1v) is 9.55. The number of fused-ring (bicyclic) bond motifs is 1. The minimum Gasteiger partial charge on any atom is -0.381 e. The summed E-state index contributed by atoms with van der Waals surface area (Å²) in [6.07, 6.45) is 2.48. The third kappa shape index (κ3) is 3.00. The lowest BCUT2D eigenvalue weighted by Crippen LogP contribution is -2.56. The van der Waals surface area contributed by atoms with Gasteiger partial charge in [0.1, 0.15) is 0 Å². The second-order valence-corrected chi connectivity index (χ2v) is 8.30. The summed E-state index contributed by atoms with van der Waals surface area (Å²) in [7, 11) is 0. The molecule has 3 nitrogen and oxygen atoms in total. The number of Topliss-reactive ketones (excluding diaryl/α,β-unsaturated/α-hetero) is 1. The lowest BCUT2D eigenvalue weighted by molar-refractivity contribution is -0.00540. The summed E-state index contributed by atoms with van der Waals surface area (Å²) < 4.78 is 5.66. The van der Waals surface area contributed by atoms with Crippen molar-refractivity contribution in [1.29, 1.82) is 0 Å². The molecule has 2 heterocycles. The molecule has 136 valence electrons. The second-order valence-electron chi connectivity index (χ2n) is 8.30. The fourth-order valence-corrected chi connectivity index (χ4v) is 4.67. The van der Waals surface area contributed by atoms with Crippen LogP contribution < -0.4 is 5.32 Å². The summed E-state index contributed by atoms with van der Waals surface area (Å²) in [5.41, 5.74) is 2.93. The molecule has 3 heteroatoms. The summed E-state index contributed by atoms with van der Waals surface area (Å²) in [6, 6.07) is 18.4. The third-order valence-corrected chi connectivity index (χ3v) is 5.96. The number of hydrogen-bond donors (Lipinski definition) is 1. The Morgan fingerprint density at radius 3 is 2.38 bits per heavy atom. The predicted molar refractivity (Wildman–Crippen MR) is 103 cm³/mol. The smallest absolute Gasteiger partial charge is 0.171 e.